The zero-order chi connectivity index (χ0) is 22.6. The first-order chi connectivity index (χ1) is 14.6. The summed E-state index contributed by atoms with van der Waals surface area (Å²) in [5.41, 5.74) is -0.526. The van der Waals surface area contributed by atoms with Crippen LogP contribution in [0.15, 0.2) is 53.4 Å². The van der Waals surface area contributed by atoms with Crippen LogP contribution < -0.4 is 10.1 Å². The fourth-order valence-corrected chi connectivity index (χ4v) is 4.93. The topological polar surface area (TPSA) is 75.7 Å². The number of benzene rings is 2. The quantitative estimate of drug-likeness (QED) is 0.724. The van der Waals surface area contributed by atoms with Crippen molar-refractivity contribution in [3.05, 3.63) is 59.7 Å². The third kappa shape index (κ3) is 5.76. The second-order valence-corrected chi connectivity index (χ2v) is 9.23. The van der Waals surface area contributed by atoms with Crippen LogP contribution in [-0.2, 0) is 27.4 Å². The Morgan fingerprint density at radius 3 is 2.35 bits per heavy atom. The second-order valence-electron chi connectivity index (χ2n) is 7.30. The van der Waals surface area contributed by atoms with Crippen LogP contribution in [0.4, 0.5) is 13.2 Å². The molecule has 1 aliphatic rings. The van der Waals surface area contributed by atoms with Crippen molar-refractivity contribution in [2.24, 2.45) is 0 Å². The van der Waals surface area contributed by atoms with Gasteiger partial charge in [-0.25, -0.2) is 8.42 Å². The maximum atomic E-state index is 12.8. The molecule has 0 bridgehead atoms. The molecule has 0 atom stereocenters. The molecule has 0 saturated carbocycles. The van der Waals surface area contributed by atoms with Gasteiger partial charge in [0.1, 0.15) is 5.75 Å². The zero-order valence-corrected chi connectivity index (χ0v) is 17.7. The zero-order valence-electron chi connectivity index (χ0n) is 16.9. The Kier molecular flexibility index (Phi) is 6.90. The number of alkyl halides is 3. The number of rotatable bonds is 6. The van der Waals surface area contributed by atoms with Gasteiger partial charge in [-0.15, -0.1) is 0 Å². The molecule has 1 aliphatic heterocycles. The van der Waals surface area contributed by atoms with Crippen molar-refractivity contribution in [3.8, 4) is 5.75 Å². The number of halogens is 3. The van der Waals surface area contributed by atoms with Crippen molar-refractivity contribution >= 4 is 15.9 Å². The number of nitrogens with zero attached hydrogens (tertiary/aromatic N) is 1. The largest absolute Gasteiger partial charge is 0.497 e. The molecule has 3 rings (SSSR count). The molecule has 0 aromatic heterocycles. The summed E-state index contributed by atoms with van der Waals surface area (Å²) in [5, 5.41) is 2.79. The van der Waals surface area contributed by atoms with E-state index in [0.29, 0.717) is 18.6 Å². The number of amides is 1. The number of carbonyl (C=O) groups excluding carboxylic acids is 1. The van der Waals surface area contributed by atoms with Gasteiger partial charge in [-0.1, -0.05) is 18.2 Å². The number of nitrogens with one attached hydrogen (secondary N) is 1. The van der Waals surface area contributed by atoms with E-state index in [0.717, 1.165) is 12.1 Å². The summed E-state index contributed by atoms with van der Waals surface area (Å²) in [6.07, 6.45) is -3.80. The first-order valence-corrected chi connectivity index (χ1v) is 11.1. The Hall–Kier alpha value is -2.59. The van der Waals surface area contributed by atoms with Gasteiger partial charge < -0.3 is 10.1 Å². The molecule has 31 heavy (non-hydrogen) atoms. The lowest BCUT2D eigenvalue weighted by Crippen LogP contribution is -2.46. The first-order valence-electron chi connectivity index (χ1n) is 9.69. The van der Waals surface area contributed by atoms with E-state index in [1.807, 2.05) is 0 Å². The van der Waals surface area contributed by atoms with Gasteiger partial charge in [0.25, 0.3) is 0 Å². The lowest BCUT2D eigenvalue weighted by molar-refractivity contribution is -0.137. The predicted molar refractivity (Wildman–Crippen MR) is 108 cm³/mol. The van der Waals surface area contributed by atoms with Crippen molar-refractivity contribution in [2.45, 2.75) is 36.4 Å². The molecule has 1 N–H and O–H groups in total. The minimum absolute atomic E-state index is 0.167. The van der Waals surface area contributed by atoms with Gasteiger partial charge in [-0.3, -0.25) is 4.79 Å². The van der Waals surface area contributed by atoms with Crippen molar-refractivity contribution in [1.82, 2.24) is 9.62 Å². The number of methoxy groups -OCH3 is 1. The Labute approximate surface area is 179 Å². The summed E-state index contributed by atoms with van der Waals surface area (Å²) in [6.45, 7) is 0.478. The number of hydrogen-bond donors (Lipinski definition) is 1. The van der Waals surface area contributed by atoms with Gasteiger partial charge in [-0.05, 0) is 48.7 Å². The van der Waals surface area contributed by atoms with Crippen LogP contribution >= 0.6 is 0 Å². The van der Waals surface area contributed by atoms with Crippen LogP contribution in [0.25, 0.3) is 0 Å². The van der Waals surface area contributed by atoms with Crippen molar-refractivity contribution in [2.75, 3.05) is 20.2 Å². The number of hydrogen-bond acceptors (Lipinski definition) is 4. The monoisotopic (exact) mass is 456 g/mol. The van der Waals surface area contributed by atoms with E-state index < -0.39 is 27.7 Å². The molecule has 2 aromatic rings. The van der Waals surface area contributed by atoms with E-state index in [1.54, 1.807) is 12.1 Å². The SMILES string of the molecule is COc1ccc(S(=O)(=O)N2CCC(NC(=O)Cc3cccc(C(F)(F)F)c3)CC2)cc1. The van der Waals surface area contributed by atoms with Crippen LogP contribution in [0.5, 0.6) is 5.75 Å². The highest BCUT2D eigenvalue weighted by atomic mass is 32.2. The molecule has 1 fully saturated rings. The highest BCUT2D eigenvalue weighted by Gasteiger charge is 2.31. The number of sulfonamides is 1. The third-order valence-corrected chi connectivity index (χ3v) is 7.05. The molecule has 6 nitrogen and oxygen atoms in total. The number of piperidine rings is 1. The Morgan fingerprint density at radius 2 is 1.77 bits per heavy atom. The normalized spacial score (nSPS) is 16.1. The summed E-state index contributed by atoms with van der Waals surface area (Å²) in [7, 11) is -2.15. The van der Waals surface area contributed by atoms with Crippen molar-refractivity contribution < 1.29 is 31.1 Å². The van der Waals surface area contributed by atoms with E-state index in [2.05, 4.69) is 5.32 Å². The minimum Gasteiger partial charge on any atom is -0.497 e. The average Bonchev–Trinajstić information content (AvgIpc) is 2.73. The Bertz CT molecular complexity index is 1020. The molecule has 2 aromatic carbocycles. The van der Waals surface area contributed by atoms with Crippen LogP contribution in [0.1, 0.15) is 24.0 Å². The van der Waals surface area contributed by atoms with Gasteiger partial charge in [-0.2, -0.15) is 17.5 Å². The smallest absolute Gasteiger partial charge is 0.416 e. The summed E-state index contributed by atoms with van der Waals surface area (Å²) in [4.78, 5) is 12.4. The molecular weight excluding hydrogens is 433 g/mol. The molecule has 168 valence electrons. The summed E-state index contributed by atoms with van der Waals surface area (Å²) in [5.74, 6) is 0.164. The van der Waals surface area contributed by atoms with Gasteiger partial charge in [0.05, 0.1) is 24.0 Å². The third-order valence-electron chi connectivity index (χ3n) is 5.14. The maximum Gasteiger partial charge on any atom is 0.416 e. The number of ether oxygens (including phenoxy) is 1. The lowest BCUT2D eigenvalue weighted by Gasteiger charge is -2.31. The Morgan fingerprint density at radius 1 is 1.13 bits per heavy atom. The number of carbonyl (C=O) groups is 1. The molecule has 0 radical (unpaired) electrons. The molecule has 0 spiro atoms. The van der Waals surface area contributed by atoms with Gasteiger partial charge >= 0.3 is 6.18 Å². The van der Waals surface area contributed by atoms with E-state index >= 15 is 0 Å². The van der Waals surface area contributed by atoms with Crippen molar-refractivity contribution in [1.29, 1.82) is 0 Å². The van der Waals surface area contributed by atoms with E-state index in [1.165, 1.54) is 35.7 Å². The predicted octanol–water partition coefficient (Wildman–Crippen LogP) is 3.23. The molecular formula is C21H23F3N2O4S. The van der Waals surface area contributed by atoms with Gasteiger partial charge in [0.15, 0.2) is 0 Å². The van der Waals surface area contributed by atoms with Crippen LogP contribution in [0.2, 0.25) is 0 Å². The fraction of sp³-hybridized carbons (Fsp3) is 0.381. The van der Waals surface area contributed by atoms with Gasteiger partial charge in [0, 0.05) is 19.1 Å². The first kappa shape index (κ1) is 23.1. The van der Waals surface area contributed by atoms with E-state index in [-0.39, 0.29) is 36.0 Å². The van der Waals surface area contributed by atoms with Gasteiger partial charge in [0.2, 0.25) is 15.9 Å². The molecule has 1 heterocycles. The molecule has 10 heteroatoms. The minimum atomic E-state index is -4.46. The summed E-state index contributed by atoms with van der Waals surface area (Å²) >= 11 is 0. The van der Waals surface area contributed by atoms with Crippen molar-refractivity contribution in [3.63, 3.8) is 0 Å². The maximum absolute atomic E-state index is 12.8. The fourth-order valence-electron chi connectivity index (χ4n) is 3.46. The highest BCUT2D eigenvalue weighted by Crippen LogP contribution is 2.29. The van der Waals surface area contributed by atoms with E-state index in [9.17, 15) is 26.4 Å². The summed E-state index contributed by atoms with van der Waals surface area (Å²) < 4.78 is 70.4. The van der Waals surface area contributed by atoms with Crippen LogP contribution in [0, 0.1) is 0 Å². The lowest BCUT2D eigenvalue weighted by atomic mass is 10.0. The average molecular weight is 456 g/mol. The molecule has 0 aliphatic carbocycles. The van der Waals surface area contributed by atoms with Crippen LogP contribution in [-0.4, -0.2) is 44.9 Å². The summed E-state index contributed by atoms with van der Waals surface area (Å²) in [6, 6.07) is 10.5. The molecule has 1 saturated heterocycles. The Balaban J connectivity index is 1.54. The van der Waals surface area contributed by atoms with Crippen LogP contribution in [0.3, 0.4) is 0 Å². The second kappa shape index (κ2) is 9.27. The molecule has 1 amide bonds. The molecule has 0 unspecified atom stereocenters. The highest BCUT2D eigenvalue weighted by molar-refractivity contribution is 7.89. The van der Waals surface area contributed by atoms with E-state index in [4.69, 9.17) is 4.74 Å². The standard InChI is InChI=1S/C21H23F3N2O4S/c1-30-18-5-7-19(8-6-18)31(28,29)26-11-9-17(10-12-26)25-20(27)14-15-3-2-4-16(13-15)21(22,23)24/h2-8,13,17H,9-12,14H2,1H3,(H,25,27).